The van der Waals surface area contributed by atoms with Gasteiger partial charge in [0.2, 0.25) is 0 Å². The van der Waals surface area contributed by atoms with Crippen LogP contribution in [0.25, 0.3) is 0 Å². The molecule has 14 heteroatoms. The fourth-order valence-electron chi connectivity index (χ4n) is 2.60. The smallest absolute Gasteiger partial charge is 0.339 e. The second-order valence-corrected chi connectivity index (χ2v) is 8.87. The standard InChI is InChI=1S/C13H9ClFNO2.C7H6O3.C6H5ClFN.CH2Cl2.Cm/c14-8-5-6-11(10(15)7-8)16-13(18)9-3-1-2-4-12(9)17;8-6-4-2-1-3-5(6)7(9)10;7-4-1-2-6(9)5(8)3-4;2-1-3;/h1-7,17H,(H,16,18);1-4,8H,(H,9,10);1-3H,9H2;1H2;. The number of rotatable bonds is 3. The van der Waals surface area contributed by atoms with Crippen molar-refractivity contribution in [1.82, 2.24) is 0 Å². The third-order valence-corrected chi connectivity index (χ3v) is 4.90. The van der Waals surface area contributed by atoms with Crippen LogP contribution in [0.2, 0.25) is 10.0 Å². The first-order valence-electron chi connectivity index (χ1n) is 10.8. The van der Waals surface area contributed by atoms with Gasteiger partial charge >= 0.3 is 5.97 Å². The number of alkyl halides is 2. The number of halogens is 6. The molecule has 0 bridgehead atoms. The molecule has 0 heterocycles. The normalized spacial score (nSPS) is 9.22. The molecule has 0 aliphatic carbocycles. The number of aromatic carboxylic acids is 1. The van der Waals surface area contributed by atoms with Gasteiger partial charge < -0.3 is 26.4 Å². The molecule has 0 spiro atoms. The Balaban J connectivity index is 0.000000593. The van der Waals surface area contributed by atoms with E-state index in [1.165, 1.54) is 48.5 Å². The van der Waals surface area contributed by atoms with Gasteiger partial charge in [-0.25, -0.2) is 13.6 Å². The van der Waals surface area contributed by atoms with E-state index >= 15 is 0 Å². The third-order valence-electron chi connectivity index (χ3n) is 4.42. The largest absolute Gasteiger partial charge is 0.507 e. The summed E-state index contributed by atoms with van der Waals surface area (Å²) in [6.45, 7) is 0. The zero-order valence-electron chi connectivity index (χ0n) is 20.6. The zero-order valence-corrected chi connectivity index (χ0v) is 26.6. The average Bonchev–Trinajstić information content (AvgIpc) is 2.90. The Morgan fingerprint density at radius 2 is 1.20 bits per heavy atom. The number of nitrogen functional groups attached to an aromatic ring is 1. The van der Waals surface area contributed by atoms with Crippen LogP contribution in [0, 0.1) is 11.6 Å². The van der Waals surface area contributed by atoms with E-state index in [-0.39, 0.29) is 44.4 Å². The minimum Gasteiger partial charge on any atom is -0.507 e. The van der Waals surface area contributed by atoms with E-state index < -0.39 is 23.5 Å². The molecule has 0 atom stereocenters. The van der Waals surface area contributed by atoms with Crippen molar-refractivity contribution >= 4 is 69.7 Å². The van der Waals surface area contributed by atoms with Gasteiger partial charge in [-0.15, -0.1) is 23.2 Å². The molecule has 4 aromatic carbocycles. The number of carboxylic acids is 1. The number of hydrogen-bond acceptors (Lipinski definition) is 5. The van der Waals surface area contributed by atoms with Crippen LogP contribution in [-0.2, 0) is 0 Å². The topological polar surface area (TPSA) is 133 Å². The van der Waals surface area contributed by atoms with E-state index in [1.807, 2.05) is 0 Å². The fourth-order valence-corrected chi connectivity index (χ4v) is 2.92. The molecule has 0 aliphatic rings. The van der Waals surface area contributed by atoms with Gasteiger partial charge in [-0.3, -0.25) is 4.79 Å². The summed E-state index contributed by atoms with van der Waals surface area (Å²) in [6.07, 6.45) is 0. The van der Waals surface area contributed by atoms with Crippen LogP contribution in [0.4, 0.5) is 20.2 Å². The monoisotopic (exact) mass is 875 g/mol. The number of hydrogen-bond donors (Lipinski definition) is 5. The van der Waals surface area contributed by atoms with Crippen molar-refractivity contribution in [3.05, 3.63) is 118 Å². The Hall–Kier alpha value is -4.76. The minimum atomic E-state index is -1.11. The zero-order chi connectivity index (χ0) is 30.2. The molecule has 0 saturated carbocycles. The second-order valence-electron chi connectivity index (χ2n) is 7.18. The van der Waals surface area contributed by atoms with Gasteiger partial charge in [-0.2, -0.15) is 0 Å². The number of aromatic hydroxyl groups is 2. The summed E-state index contributed by atoms with van der Waals surface area (Å²) in [5.74, 6) is -3.17. The van der Waals surface area contributed by atoms with Crippen molar-refractivity contribution < 1.29 is 33.7 Å². The van der Waals surface area contributed by atoms with Crippen LogP contribution in [0.5, 0.6) is 11.5 Å². The molecule has 0 fully saturated rings. The van der Waals surface area contributed by atoms with E-state index in [4.69, 9.17) is 62.4 Å². The summed E-state index contributed by atoms with van der Waals surface area (Å²) in [5, 5.41) is 30.0. The van der Waals surface area contributed by atoms with Gasteiger partial charge in [0.1, 0.15) is 28.7 Å². The number of phenolic OH excluding ortho intramolecular Hbond substituents is 1. The third kappa shape index (κ3) is 12.8. The number of nitrogens with two attached hydrogens (primary N) is 1. The summed E-state index contributed by atoms with van der Waals surface area (Å²) in [6, 6.07) is 19.9. The van der Waals surface area contributed by atoms with Gasteiger partial charge in [0.15, 0.2) is 0 Å². The summed E-state index contributed by atoms with van der Waals surface area (Å²) in [4.78, 5) is 22.1. The Labute approximate surface area is 248 Å². The molecule has 0 radical (unpaired) electrons. The second kappa shape index (κ2) is 18.5. The van der Waals surface area contributed by atoms with Crippen molar-refractivity contribution in [3.8, 4) is 11.5 Å². The van der Waals surface area contributed by atoms with E-state index in [0.29, 0.717) is 5.02 Å². The number of benzene rings is 4. The number of phenols is 2. The average molecular weight is 881 g/mol. The van der Waals surface area contributed by atoms with Gasteiger partial charge in [0, 0.05) is 10.0 Å². The van der Waals surface area contributed by atoms with Crippen LogP contribution in [0.1, 0.15) is 20.7 Å². The van der Waals surface area contributed by atoms with Crippen LogP contribution in [0.15, 0.2) is 84.9 Å². The molecular formula is C27H22Cl4CmF2N2O5. The molecule has 220 valence electrons. The number of nitrogens with one attached hydrogen (secondary N) is 1. The first kappa shape index (κ1) is 36.2. The van der Waals surface area contributed by atoms with E-state index in [1.54, 1.807) is 30.3 Å². The molecule has 4 rings (SSSR count). The predicted molar refractivity (Wildman–Crippen MR) is 155 cm³/mol. The van der Waals surface area contributed by atoms with Gasteiger partial charge in [0.05, 0.1) is 22.3 Å². The molecule has 0 aliphatic heterocycles. The molecule has 7 nitrogen and oxygen atoms in total. The SMILES string of the molecule is ClCCl.Nc1ccc(Cl)cc1F.O=C(Nc1ccc(Cl)cc1F)c1ccccc1O.O=C(O)c1ccccc1O.[Cm]. The van der Waals surface area contributed by atoms with Crippen molar-refractivity contribution in [2.75, 3.05) is 16.4 Å². The first-order valence-corrected chi connectivity index (χ1v) is 12.6. The van der Waals surface area contributed by atoms with Crippen LogP contribution >= 0.6 is 46.4 Å². The molecule has 4 aromatic rings. The summed E-state index contributed by atoms with van der Waals surface area (Å²) >= 11 is 20.6. The number of anilines is 2. The van der Waals surface area contributed by atoms with Gasteiger partial charge in [0.25, 0.3) is 5.91 Å². The summed E-state index contributed by atoms with van der Waals surface area (Å²) in [5.41, 5.74) is 5.30. The molecular weight excluding hydrogens is 859 g/mol. The minimum absolute atomic E-state index is 0. The number of para-hydroxylation sites is 2. The number of carbonyl (C=O) groups is 2. The number of carbonyl (C=O) groups excluding carboxylic acids is 1. The fraction of sp³-hybridized carbons (Fsp3) is 0.0370. The molecule has 0 saturated heterocycles. The Morgan fingerprint density at radius 3 is 1.59 bits per heavy atom. The van der Waals surface area contributed by atoms with E-state index in [2.05, 4.69) is 5.32 Å². The quantitative estimate of drug-likeness (QED) is 0.105. The maximum Gasteiger partial charge on any atom is 0.339 e. The maximum atomic E-state index is 13.5. The maximum absolute atomic E-state index is 13.5. The molecule has 0 aromatic heterocycles. The van der Waals surface area contributed by atoms with Crippen molar-refractivity contribution in [2.24, 2.45) is 0 Å². The molecule has 41 heavy (non-hydrogen) atoms. The Morgan fingerprint density at radius 1 is 0.756 bits per heavy atom. The van der Waals surface area contributed by atoms with Gasteiger partial charge in [-0.1, -0.05) is 47.5 Å². The first-order chi connectivity index (χ1) is 18.9. The van der Waals surface area contributed by atoms with Crippen molar-refractivity contribution in [3.63, 3.8) is 0 Å². The predicted octanol–water partition coefficient (Wildman–Crippen LogP) is 8.01. The van der Waals surface area contributed by atoms with Crippen LogP contribution < -0.4 is 11.1 Å². The summed E-state index contributed by atoms with van der Waals surface area (Å²) in [7, 11) is 0. The number of carboxylic acid groups (broad SMARTS) is 1. The van der Waals surface area contributed by atoms with Crippen LogP contribution in [0.3, 0.4) is 0 Å². The Bertz CT molecular complexity index is 1430. The van der Waals surface area contributed by atoms with Gasteiger partial charge in [-0.05, 0) is 60.7 Å². The molecule has 0 unspecified atom stereocenters. The Kier molecular flexibility index (Phi) is 16.4. The molecule has 1 amide bonds. The summed E-state index contributed by atoms with van der Waals surface area (Å²) < 4.78 is 25.8. The number of amides is 1. The van der Waals surface area contributed by atoms with Crippen molar-refractivity contribution in [2.45, 2.75) is 0 Å². The van der Waals surface area contributed by atoms with Crippen LogP contribution in [-0.4, -0.2) is 32.5 Å². The van der Waals surface area contributed by atoms with Crippen molar-refractivity contribution in [1.29, 1.82) is 0 Å². The van der Waals surface area contributed by atoms with E-state index in [9.17, 15) is 23.5 Å². The molecule has 6 N–H and O–H groups in total. The van der Waals surface area contributed by atoms with E-state index in [0.717, 1.165) is 6.07 Å².